The van der Waals surface area contributed by atoms with Gasteiger partial charge in [-0.15, -0.1) is 0 Å². The lowest BCUT2D eigenvalue weighted by atomic mass is 10.0. The summed E-state index contributed by atoms with van der Waals surface area (Å²) in [4.78, 5) is 13.4. The van der Waals surface area contributed by atoms with Crippen molar-refractivity contribution in [3.63, 3.8) is 0 Å². The molecule has 3 N–H and O–H groups in total. The van der Waals surface area contributed by atoms with Gasteiger partial charge in [0.05, 0.1) is 12.0 Å². The van der Waals surface area contributed by atoms with E-state index in [2.05, 4.69) is 0 Å². The summed E-state index contributed by atoms with van der Waals surface area (Å²) in [6.45, 7) is 4.77. The van der Waals surface area contributed by atoms with Crippen molar-refractivity contribution < 1.29 is 9.90 Å². The van der Waals surface area contributed by atoms with Gasteiger partial charge >= 0.3 is 0 Å². The van der Waals surface area contributed by atoms with Crippen LogP contribution in [0.1, 0.15) is 33.1 Å². The van der Waals surface area contributed by atoms with Gasteiger partial charge in [0, 0.05) is 19.1 Å². The summed E-state index contributed by atoms with van der Waals surface area (Å²) in [6, 6.07) is 0.237. The van der Waals surface area contributed by atoms with E-state index < -0.39 is 5.60 Å². The van der Waals surface area contributed by atoms with Crippen LogP contribution < -0.4 is 5.73 Å². The van der Waals surface area contributed by atoms with Crippen LogP contribution in [0.5, 0.6) is 0 Å². The Morgan fingerprint density at radius 3 is 2.43 bits per heavy atom. The Kier molecular flexibility index (Phi) is 3.50. The Labute approximate surface area is 85.1 Å². The molecule has 0 aliphatic carbocycles. The lowest BCUT2D eigenvalue weighted by Crippen LogP contribution is -2.44. The fourth-order valence-electron chi connectivity index (χ4n) is 1.63. The lowest BCUT2D eigenvalue weighted by Gasteiger charge is -2.31. The topological polar surface area (TPSA) is 66.6 Å². The first-order valence-corrected chi connectivity index (χ1v) is 5.14. The molecule has 1 aliphatic rings. The first-order chi connectivity index (χ1) is 6.38. The van der Waals surface area contributed by atoms with Gasteiger partial charge in [-0.2, -0.15) is 0 Å². The van der Waals surface area contributed by atoms with Crippen molar-refractivity contribution >= 4 is 5.91 Å². The maximum Gasteiger partial charge on any atom is 0.225 e. The third-order valence-corrected chi connectivity index (χ3v) is 2.48. The SMILES string of the molecule is CC(C)(O)CC(=O)N1CCC(N)CC1. The molecule has 1 saturated heterocycles. The number of hydrogen-bond donors (Lipinski definition) is 2. The fourth-order valence-corrected chi connectivity index (χ4v) is 1.63. The van der Waals surface area contributed by atoms with Crippen molar-refractivity contribution in [3.8, 4) is 0 Å². The normalized spacial score (nSPS) is 19.9. The molecule has 14 heavy (non-hydrogen) atoms. The van der Waals surface area contributed by atoms with Crippen molar-refractivity contribution in [2.75, 3.05) is 13.1 Å². The lowest BCUT2D eigenvalue weighted by molar-refractivity contribution is -0.136. The van der Waals surface area contributed by atoms with E-state index in [1.807, 2.05) is 0 Å². The molecule has 0 spiro atoms. The zero-order valence-corrected chi connectivity index (χ0v) is 8.99. The van der Waals surface area contributed by atoms with E-state index in [1.54, 1.807) is 18.7 Å². The van der Waals surface area contributed by atoms with Crippen LogP contribution in [0, 0.1) is 0 Å². The Morgan fingerprint density at radius 1 is 1.50 bits per heavy atom. The molecule has 0 saturated carbocycles. The molecule has 0 aromatic heterocycles. The molecule has 1 rings (SSSR count). The number of nitrogens with two attached hydrogens (primary N) is 1. The number of aliphatic hydroxyl groups is 1. The zero-order chi connectivity index (χ0) is 10.8. The van der Waals surface area contributed by atoms with Crippen molar-refractivity contribution in [2.45, 2.75) is 44.8 Å². The van der Waals surface area contributed by atoms with Crippen molar-refractivity contribution in [3.05, 3.63) is 0 Å². The van der Waals surface area contributed by atoms with E-state index in [4.69, 9.17) is 5.73 Å². The van der Waals surface area contributed by atoms with Crippen LogP contribution >= 0.6 is 0 Å². The fraction of sp³-hybridized carbons (Fsp3) is 0.900. The van der Waals surface area contributed by atoms with E-state index in [9.17, 15) is 9.90 Å². The van der Waals surface area contributed by atoms with Crippen LogP contribution in [0.25, 0.3) is 0 Å². The van der Waals surface area contributed by atoms with Crippen LogP contribution in [0.15, 0.2) is 0 Å². The van der Waals surface area contributed by atoms with Gasteiger partial charge in [-0.3, -0.25) is 4.79 Å². The highest BCUT2D eigenvalue weighted by Gasteiger charge is 2.25. The number of carbonyl (C=O) groups is 1. The monoisotopic (exact) mass is 200 g/mol. The zero-order valence-electron chi connectivity index (χ0n) is 8.99. The third kappa shape index (κ3) is 3.64. The van der Waals surface area contributed by atoms with E-state index in [1.165, 1.54) is 0 Å². The molecule has 0 unspecified atom stereocenters. The Morgan fingerprint density at radius 2 is 2.00 bits per heavy atom. The van der Waals surface area contributed by atoms with Gasteiger partial charge < -0.3 is 15.7 Å². The second kappa shape index (κ2) is 4.28. The summed E-state index contributed by atoms with van der Waals surface area (Å²) < 4.78 is 0. The summed E-state index contributed by atoms with van der Waals surface area (Å²) in [5, 5.41) is 9.50. The van der Waals surface area contributed by atoms with Crippen LogP contribution in [0.2, 0.25) is 0 Å². The summed E-state index contributed by atoms with van der Waals surface area (Å²) in [5.74, 6) is 0.0319. The molecule has 4 heteroatoms. The van der Waals surface area contributed by atoms with Crippen molar-refractivity contribution in [1.29, 1.82) is 0 Å². The van der Waals surface area contributed by atoms with Crippen LogP contribution in [-0.4, -0.2) is 40.6 Å². The van der Waals surface area contributed by atoms with Gasteiger partial charge in [-0.1, -0.05) is 0 Å². The van der Waals surface area contributed by atoms with Gasteiger partial charge in [0.2, 0.25) is 5.91 Å². The quantitative estimate of drug-likeness (QED) is 0.664. The molecule has 0 atom stereocenters. The average molecular weight is 200 g/mol. The number of hydrogen-bond acceptors (Lipinski definition) is 3. The molecule has 1 fully saturated rings. The molecule has 0 radical (unpaired) electrons. The smallest absolute Gasteiger partial charge is 0.225 e. The molecule has 82 valence electrons. The van der Waals surface area contributed by atoms with Crippen LogP contribution in [-0.2, 0) is 4.79 Å². The number of piperidine rings is 1. The molecular formula is C10H20N2O2. The first-order valence-electron chi connectivity index (χ1n) is 5.14. The van der Waals surface area contributed by atoms with Crippen LogP contribution in [0.3, 0.4) is 0 Å². The van der Waals surface area contributed by atoms with E-state index in [0.29, 0.717) is 0 Å². The second-order valence-corrected chi connectivity index (χ2v) is 4.71. The summed E-state index contributed by atoms with van der Waals surface area (Å²) in [7, 11) is 0. The maximum atomic E-state index is 11.6. The maximum absolute atomic E-state index is 11.6. The Hall–Kier alpha value is -0.610. The average Bonchev–Trinajstić information content (AvgIpc) is 2.02. The molecule has 4 nitrogen and oxygen atoms in total. The predicted octanol–water partition coefficient (Wildman–Crippen LogP) is 0.0971. The summed E-state index contributed by atoms with van der Waals surface area (Å²) >= 11 is 0. The Bertz CT molecular complexity index is 203. The summed E-state index contributed by atoms with van der Waals surface area (Å²) in [5.41, 5.74) is 4.83. The standard InChI is InChI=1S/C10H20N2O2/c1-10(2,14)7-9(13)12-5-3-8(11)4-6-12/h8,14H,3-7,11H2,1-2H3. The predicted molar refractivity (Wildman–Crippen MR) is 54.7 cm³/mol. The van der Waals surface area contributed by atoms with Crippen LogP contribution in [0.4, 0.5) is 0 Å². The third-order valence-electron chi connectivity index (χ3n) is 2.48. The molecule has 1 aliphatic heterocycles. The van der Waals surface area contributed by atoms with Gasteiger partial charge in [-0.25, -0.2) is 0 Å². The number of nitrogens with zero attached hydrogens (tertiary/aromatic N) is 1. The van der Waals surface area contributed by atoms with Gasteiger partial charge in [-0.05, 0) is 26.7 Å². The van der Waals surface area contributed by atoms with Crippen molar-refractivity contribution in [1.82, 2.24) is 4.90 Å². The number of likely N-dealkylation sites (tertiary alicyclic amines) is 1. The summed E-state index contributed by atoms with van der Waals surface area (Å²) in [6.07, 6.45) is 1.94. The first kappa shape index (κ1) is 11.5. The molecular weight excluding hydrogens is 180 g/mol. The van der Waals surface area contributed by atoms with Crippen molar-refractivity contribution in [2.24, 2.45) is 5.73 Å². The number of amides is 1. The second-order valence-electron chi connectivity index (χ2n) is 4.71. The van der Waals surface area contributed by atoms with E-state index in [0.717, 1.165) is 25.9 Å². The molecule has 0 aromatic carbocycles. The number of rotatable bonds is 2. The highest BCUT2D eigenvalue weighted by Crippen LogP contribution is 2.14. The largest absolute Gasteiger partial charge is 0.390 e. The van der Waals surface area contributed by atoms with Gasteiger partial charge in [0.25, 0.3) is 0 Å². The van der Waals surface area contributed by atoms with Gasteiger partial charge in [0.15, 0.2) is 0 Å². The number of carbonyl (C=O) groups excluding carboxylic acids is 1. The molecule has 0 aromatic rings. The highest BCUT2D eigenvalue weighted by molar-refractivity contribution is 5.77. The minimum atomic E-state index is -0.906. The minimum absolute atomic E-state index is 0.0319. The highest BCUT2D eigenvalue weighted by atomic mass is 16.3. The van der Waals surface area contributed by atoms with Gasteiger partial charge in [0.1, 0.15) is 0 Å². The molecule has 1 heterocycles. The molecule has 1 amide bonds. The minimum Gasteiger partial charge on any atom is -0.390 e. The van der Waals surface area contributed by atoms with E-state index in [-0.39, 0.29) is 18.4 Å². The molecule has 0 bridgehead atoms. The van der Waals surface area contributed by atoms with E-state index >= 15 is 0 Å². The Balaban J connectivity index is 2.38.